The van der Waals surface area contributed by atoms with Crippen LogP contribution in [0.1, 0.15) is 42.6 Å². The molecular formula is C14H18FNO3. The number of rotatable bonds is 5. The van der Waals surface area contributed by atoms with Crippen LogP contribution in [0.5, 0.6) is 0 Å². The Morgan fingerprint density at radius 3 is 2.58 bits per heavy atom. The minimum atomic E-state index is -1.39. The number of carboxylic acid groups (broad SMARTS) is 1. The Labute approximate surface area is 111 Å². The molecule has 0 saturated carbocycles. The summed E-state index contributed by atoms with van der Waals surface area (Å²) in [4.78, 5) is 23.2. The number of hydrogen-bond donors (Lipinski definition) is 2. The van der Waals surface area contributed by atoms with Crippen molar-refractivity contribution < 1.29 is 19.1 Å². The van der Waals surface area contributed by atoms with Crippen LogP contribution >= 0.6 is 0 Å². The van der Waals surface area contributed by atoms with E-state index in [9.17, 15) is 19.1 Å². The number of carbonyl (C=O) groups excluding carboxylic acids is 1. The van der Waals surface area contributed by atoms with Crippen LogP contribution in [-0.4, -0.2) is 22.5 Å². The smallest absolute Gasteiger partial charge is 0.329 e. The van der Waals surface area contributed by atoms with Crippen molar-refractivity contribution in [3.63, 3.8) is 0 Å². The maximum Gasteiger partial charge on any atom is 0.329 e. The van der Waals surface area contributed by atoms with Gasteiger partial charge in [-0.1, -0.05) is 25.5 Å². The largest absolute Gasteiger partial charge is 0.480 e. The third kappa shape index (κ3) is 3.30. The molecule has 1 unspecified atom stereocenters. The Bertz CT molecular complexity index is 501. The maximum absolute atomic E-state index is 13.8. The molecule has 0 saturated heterocycles. The first-order chi connectivity index (χ1) is 8.81. The number of carboxylic acids is 1. The van der Waals surface area contributed by atoms with Crippen LogP contribution in [0, 0.1) is 12.7 Å². The molecule has 0 aliphatic heterocycles. The first kappa shape index (κ1) is 15.1. The summed E-state index contributed by atoms with van der Waals surface area (Å²) in [6.45, 7) is 4.79. The highest BCUT2D eigenvalue weighted by Gasteiger charge is 2.34. The fourth-order valence-electron chi connectivity index (χ4n) is 1.86. The van der Waals surface area contributed by atoms with Crippen molar-refractivity contribution in [1.29, 1.82) is 0 Å². The first-order valence-corrected chi connectivity index (χ1v) is 6.13. The number of hydrogen-bond acceptors (Lipinski definition) is 2. The van der Waals surface area contributed by atoms with Gasteiger partial charge >= 0.3 is 5.97 Å². The first-order valence-electron chi connectivity index (χ1n) is 6.13. The highest BCUT2D eigenvalue weighted by atomic mass is 19.1. The summed E-state index contributed by atoms with van der Waals surface area (Å²) in [6.07, 6.45) is 0.876. The van der Waals surface area contributed by atoms with E-state index in [1.165, 1.54) is 13.0 Å². The van der Waals surface area contributed by atoms with Crippen LogP contribution in [0.3, 0.4) is 0 Å². The molecule has 104 valence electrons. The van der Waals surface area contributed by atoms with Gasteiger partial charge < -0.3 is 10.4 Å². The third-order valence-electron chi connectivity index (χ3n) is 3.05. The van der Waals surface area contributed by atoms with E-state index >= 15 is 0 Å². The number of halogens is 1. The van der Waals surface area contributed by atoms with Gasteiger partial charge in [-0.25, -0.2) is 9.18 Å². The minimum Gasteiger partial charge on any atom is -0.480 e. The number of amides is 1. The number of nitrogens with one attached hydrogen (secondary N) is 1. The summed E-state index contributed by atoms with van der Waals surface area (Å²) in [5.41, 5.74) is -1.18. The van der Waals surface area contributed by atoms with E-state index < -0.39 is 23.2 Å². The Morgan fingerprint density at radius 2 is 2.05 bits per heavy atom. The summed E-state index contributed by atoms with van der Waals surface area (Å²) >= 11 is 0. The molecule has 1 aromatic rings. The van der Waals surface area contributed by atoms with Crippen molar-refractivity contribution >= 4 is 11.9 Å². The zero-order valence-electron chi connectivity index (χ0n) is 11.3. The molecule has 0 aromatic heterocycles. The number of carbonyl (C=O) groups is 2. The van der Waals surface area contributed by atoms with E-state index in [0.717, 1.165) is 0 Å². The molecule has 0 aliphatic carbocycles. The predicted octanol–water partition coefficient (Wildman–Crippen LogP) is 2.51. The zero-order chi connectivity index (χ0) is 14.6. The molecule has 4 nitrogen and oxygen atoms in total. The molecule has 0 heterocycles. The molecule has 0 aliphatic rings. The fraction of sp³-hybridized carbons (Fsp3) is 0.429. The molecule has 5 heteroatoms. The van der Waals surface area contributed by atoms with Gasteiger partial charge in [-0.15, -0.1) is 0 Å². The Balaban J connectivity index is 3.01. The van der Waals surface area contributed by atoms with Crippen molar-refractivity contribution in [2.75, 3.05) is 0 Å². The van der Waals surface area contributed by atoms with Gasteiger partial charge in [0.05, 0.1) is 5.56 Å². The topological polar surface area (TPSA) is 66.4 Å². The van der Waals surface area contributed by atoms with Gasteiger partial charge in [0.15, 0.2) is 0 Å². The quantitative estimate of drug-likeness (QED) is 0.861. The van der Waals surface area contributed by atoms with E-state index in [-0.39, 0.29) is 12.0 Å². The average Bonchev–Trinajstić information content (AvgIpc) is 2.32. The Hall–Kier alpha value is -1.91. The third-order valence-corrected chi connectivity index (χ3v) is 3.05. The molecule has 0 fully saturated rings. The van der Waals surface area contributed by atoms with Crippen molar-refractivity contribution in [2.45, 2.75) is 39.2 Å². The maximum atomic E-state index is 13.8. The van der Waals surface area contributed by atoms with Crippen LogP contribution in [-0.2, 0) is 4.79 Å². The Kier molecular flexibility index (Phi) is 4.64. The second-order valence-electron chi connectivity index (χ2n) is 4.78. The predicted molar refractivity (Wildman–Crippen MR) is 69.6 cm³/mol. The number of aryl methyl sites for hydroxylation is 1. The highest BCUT2D eigenvalue weighted by Crippen LogP contribution is 2.16. The lowest BCUT2D eigenvalue weighted by molar-refractivity contribution is -0.144. The van der Waals surface area contributed by atoms with Crippen molar-refractivity contribution in [3.8, 4) is 0 Å². The molecule has 2 N–H and O–H groups in total. The molecule has 1 rings (SSSR count). The molecular weight excluding hydrogens is 249 g/mol. The van der Waals surface area contributed by atoms with E-state index in [4.69, 9.17) is 0 Å². The normalized spacial score (nSPS) is 13.7. The number of benzene rings is 1. The summed E-state index contributed by atoms with van der Waals surface area (Å²) in [5.74, 6) is -2.46. The summed E-state index contributed by atoms with van der Waals surface area (Å²) in [5, 5.41) is 11.6. The standard InChI is InChI=1S/C14H18FNO3/c1-4-8-14(3,13(18)19)16-12(17)10-7-5-6-9(2)11(10)15/h5-7H,4,8H2,1-3H3,(H,16,17)(H,18,19). The van der Waals surface area contributed by atoms with Gasteiger partial charge in [0.25, 0.3) is 5.91 Å². The zero-order valence-corrected chi connectivity index (χ0v) is 11.3. The Morgan fingerprint density at radius 1 is 1.42 bits per heavy atom. The van der Waals surface area contributed by atoms with E-state index in [2.05, 4.69) is 5.32 Å². The highest BCUT2D eigenvalue weighted by molar-refractivity contribution is 5.98. The number of aliphatic carboxylic acids is 1. The molecule has 1 amide bonds. The molecule has 0 radical (unpaired) electrons. The van der Waals surface area contributed by atoms with Crippen LogP contribution in [0.15, 0.2) is 18.2 Å². The van der Waals surface area contributed by atoms with Gasteiger partial charge in [0.1, 0.15) is 11.4 Å². The van der Waals surface area contributed by atoms with Crippen molar-refractivity contribution in [1.82, 2.24) is 5.32 Å². The second kappa shape index (κ2) is 5.82. The monoisotopic (exact) mass is 267 g/mol. The van der Waals surface area contributed by atoms with Crippen LogP contribution in [0.25, 0.3) is 0 Å². The van der Waals surface area contributed by atoms with Crippen molar-refractivity contribution in [2.24, 2.45) is 0 Å². The van der Waals surface area contributed by atoms with E-state index in [0.29, 0.717) is 12.0 Å². The molecule has 19 heavy (non-hydrogen) atoms. The van der Waals surface area contributed by atoms with Gasteiger partial charge in [-0.05, 0) is 31.9 Å². The van der Waals surface area contributed by atoms with Crippen molar-refractivity contribution in [3.05, 3.63) is 35.1 Å². The lowest BCUT2D eigenvalue weighted by atomic mass is 9.95. The molecule has 1 atom stereocenters. The minimum absolute atomic E-state index is 0.136. The SMILES string of the molecule is CCCC(C)(NC(=O)c1cccc(C)c1F)C(=O)O. The van der Waals surface area contributed by atoms with Gasteiger partial charge in [0, 0.05) is 0 Å². The molecule has 1 aromatic carbocycles. The van der Waals surface area contributed by atoms with Gasteiger partial charge in [-0.3, -0.25) is 4.79 Å². The van der Waals surface area contributed by atoms with Crippen LogP contribution in [0.4, 0.5) is 4.39 Å². The van der Waals surface area contributed by atoms with E-state index in [1.54, 1.807) is 19.1 Å². The van der Waals surface area contributed by atoms with Gasteiger partial charge in [0.2, 0.25) is 0 Å². The van der Waals surface area contributed by atoms with Gasteiger partial charge in [-0.2, -0.15) is 0 Å². The van der Waals surface area contributed by atoms with E-state index in [1.807, 2.05) is 6.92 Å². The summed E-state index contributed by atoms with van der Waals surface area (Å²) < 4.78 is 13.8. The average molecular weight is 267 g/mol. The molecule has 0 bridgehead atoms. The summed E-state index contributed by atoms with van der Waals surface area (Å²) in [6, 6.07) is 4.45. The second-order valence-corrected chi connectivity index (χ2v) is 4.78. The fourth-order valence-corrected chi connectivity index (χ4v) is 1.86. The van der Waals surface area contributed by atoms with Crippen LogP contribution in [0.2, 0.25) is 0 Å². The lowest BCUT2D eigenvalue weighted by Gasteiger charge is -2.25. The molecule has 0 spiro atoms. The lowest BCUT2D eigenvalue weighted by Crippen LogP contribution is -2.52. The van der Waals surface area contributed by atoms with Crippen LogP contribution < -0.4 is 5.32 Å². The summed E-state index contributed by atoms with van der Waals surface area (Å²) in [7, 11) is 0.